The van der Waals surface area contributed by atoms with E-state index in [0.29, 0.717) is 6.54 Å². The Morgan fingerprint density at radius 2 is 1.63 bits per heavy atom. The van der Waals surface area contributed by atoms with Crippen LogP contribution in [0.15, 0.2) is 12.1 Å². The topological polar surface area (TPSA) is 15.3 Å². The number of hydrogen-bond donors (Lipinski definition) is 1. The monoisotopic (exact) mass is 270 g/mol. The van der Waals surface area contributed by atoms with Gasteiger partial charge in [0, 0.05) is 12.6 Å². The Morgan fingerprint density at radius 1 is 1.11 bits per heavy atom. The van der Waals surface area contributed by atoms with Crippen molar-refractivity contribution in [3.05, 3.63) is 34.4 Å². The Kier molecular flexibility index (Phi) is 5.88. The highest BCUT2D eigenvalue weighted by Gasteiger charge is 2.18. The summed E-state index contributed by atoms with van der Waals surface area (Å²) in [4.78, 5) is 1.67. The molecule has 1 rings (SSSR count). The zero-order valence-corrected chi connectivity index (χ0v) is 12.4. The molecule has 0 amide bonds. The van der Waals surface area contributed by atoms with Crippen molar-refractivity contribution in [2.75, 3.05) is 27.2 Å². The predicted molar refractivity (Wildman–Crippen MR) is 76.0 cm³/mol. The molecule has 0 aliphatic carbocycles. The van der Waals surface area contributed by atoms with Gasteiger partial charge in [-0.3, -0.25) is 4.90 Å². The number of likely N-dealkylation sites (N-methyl/N-ethyl adjacent to an activating group) is 2. The average molecular weight is 270 g/mol. The second-order valence-corrected chi connectivity index (χ2v) is 5.27. The van der Waals surface area contributed by atoms with E-state index in [0.717, 1.165) is 0 Å². The van der Waals surface area contributed by atoms with E-state index in [1.807, 2.05) is 7.05 Å². The van der Waals surface area contributed by atoms with Crippen LogP contribution in [-0.4, -0.2) is 38.5 Å². The largest absolute Gasteiger partial charge is 0.312 e. The van der Waals surface area contributed by atoms with Crippen molar-refractivity contribution in [3.63, 3.8) is 0 Å². The molecule has 19 heavy (non-hydrogen) atoms. The second kappa shape index (κ2) is 6.96. The summed E-state index contributed by atoms with van der Waals surface area (Å²) in [6.45, 7) is 6.61. The lowest BCUT2D eigenvalue weighted by Crippen LogP contribution is -2.34. The number of halogens is 2. The Balaban J connectivity index is 2.91. The van der Waals surface area contributed by atoms with Gasteiger partial charge in [0.15, 0.2) is 0 Å². The molecule has 0 fully saturated rings. The van der Waals surface area contributed by atoms with Gasteiger partial charge in [-0.05, 0) is 51.6 Å². The third kappa shape index (κ3) is 4.55. The number of alkyl halides is 2. The van der Waals surface area contributed by atoms with Gasteiger partial charge in [-0.2, -0.15) is 0 Å². The molecule has 1 aromatic rings. The van der Waals surface area contributed by atoms with Gasteiger partial charge in [-0.15, -0.1) is 0 Å². The van der Waals surface area contributed by atoms with Gasteiger partial charge in [0.25, 0.3) is 6.43 Å². The van der Waals surface area contributed by atoms with Crippen LogP contribution in [0.2, 0.25) is 0 Å². The SMILES string of the molecule is CNC(CN(C)CC(F)F)c1c(C)cc(C)cc1C. The predicted octanol–water partition coefficient (Wildman–Crippen LogP) is 3.07. The van der Waals surface area contributed by atoms with Crippen LogP contribution < -0.4 is 5.32 Å². The third-order valence-corrected chi connectivity index (χ3v) is 3.38. The summed E-state index contributed by atoms with van der Waals surface area (Å²) in [5.74, 6) is 0. The van der Waals surface area contributed by atoms with Crippen LogP contribution in [0.5, 0.6) is 0 Å². The molecule has 0 aliphatic rings. The van der Waals surface area contributed by atoms with Crippen LogP contribution in [0.4, 0.5) is 8.78 Å². The molecular weight excluding hydrogens is 246 g/mol. The van der Waals surface area contributed by atoms with Crippen molar-refractivity contribution >= 4 is 0 Å². The lowest BCUT2D eigenvalue weighted by atomic mass is 9.94. The van der Waals surface area contributed by atoms with E-state index in [-0.39, 0.29) is 12.6 Å². The number of nitrogens with zero attached hydrogens (tertiary/aromatic N) is 1. The Morgan fingerprint density at radius 3 is 2.05 bits per heavy atom. The van der Waals surface area contributed by atoms with Crippen LogP contribution in [-0.2, 0) is 0 Å². The number of rotatable bonds is 6. The minimum Gasteiger partial charge on any atom is -0.312 e. The smallest absolute Gasteiger partial charge is 0.251 e. The summed E-state index contributed by atoms with van der Waals surface area (Å²) in [6.07, 6.45) is -2.29. The minimum absolute atomic E-state index is 0.0735. The van der Waals surface area contributed by atoms with E-state index in [1.165, 1.54) is 22.3 Å². The fraction of sp³-hybridized carbons (Fsp3) is 0.600. The third-order valence-electron chi connectivity index (χ3n) is 3.38. The van der Waals surface area contributed by atoms with E-state index in [4.69, 9.17) is 0 Å². The van der Waals surface area contributed by atoms with Crippen molar-refractivity contribution in [2.45, 2.75) is 33.2 Å². The molecule has 0 aliphatic heterocycles. The number of hydrogen-bond acceptors (Lipinski definition) is 2. The summed E-state index contributed by atoms with van der Waals surface area (Å²) in [6, 6.07) is 4.35. The van der Waals surface area contributed by atoms with Crippen LogP contribution in [0.1, 0.15) is 28.3 Å². The van der Waals surface area contributed by atoms with Crippen LogP contribution in [0.3, 0.4) is 0 Å². The first-order chi connectivity index (χ1) is 8.85. The molecule has 0 saturated carbocycles. The summed E-state index contributed by atoms with van der Waals surface area (Å²) in [5, 5.41) is 3.24. The summed E-state index contributed by atoms with van der Waals surface area (Å²) >= 11 is 0. The molecule has 0 saturated heterocycles. The summed E-state index contributed by atoms with van der Waals surface area (Å²) < 4.78 is 24.8. The van der Waals surface area contributed by atoms with Crippen LogP contribution in [0, 0.1) is 20.8 Å². The van der Waals surface area contributed by atoms with Crippen molar-refractivity contribution in [1.29, 1.82) is 0 Å². The molecule has 108 valence electrons. The highest BCUT2D eigenvalue weighted by Crippen LogP contribution is 2.24. The lowest BCUT2D eigenvalue weighted by molar-refractivity contribution is 0.0962. The van der Waals surface area contributed by atoms with Crippen LogP contribution in [0.25, 0.3) is 0 Å². The molecule has 2 nitrogen and oxygen atoms in total. The maximum absolute atomic E-state index is 12.4. The highest BCUT2D eigenvalue weighted by atomic mass is 19.3. The van der Waals surface area contributed by atoms with Gasteiger partial charge in [0.05, 0.1) is 6.54 Å². The number of benzene rings is 1. The van der Waals surface area contributed by atoms with Crippen molar-refractivity contribution in [3.8, 4) is 0 Å². The standard InChI is InChI=1S/C15H24F2N2/c1-10-6-11(2)15(12(3)7-10)13(18-4)8-19(5)9-14(16)17/h6-7,13-14,18H,8-9H2,1-5H3. The fourth-order valence-corrected chi connectivity index (χ4v) is 2.69. The van der Waals surface area contributed by atoms with E-state index in [1.54, 1.807) is 11.9 Å². The van der Waals surface area contributed by atoms with Crippen LogP contribution >= 0.6 is 0 Å². The normalized spacial score (nSPS) is 13.3. The van der Waals surface area contributed by atoms with Gasteiger partial charge in [0.2, 0.25) is 0 Å². The van der Waals surface area contributed by atoms with Gasteiger partial charge < -0.3 is 5.32 Å². The average Bonchev–Trinajstić information content (AvgIpc) is 2.24. The number of aryl methyl sites for hydroxylation is 3. The van der Waals surface area contributed by atoms with Gasteiger partial charge in [-0.25, -0.2) is 8.78 Å². The van der Waals surface area contributed by atoms with Gasteiger partial charge >= 0.3 is 0 Å². The molecule has 0 radical (unpaired) electrons. The zero-order chi connectivity index (χ0) is 14.6. The first-order valence-electron chi connectivity index (χ1n) is 6.56. The molecule has 4 heteroatoms. The van der Waals surface area contributed by atoms with E-state index in [2.05, 4.69) is 38.2 Å². The maximum Gasteiger partial charge on any atom is 0.251 e. The summed E-state index contributed by atoms with van der Waals surface area (Å²) in [5.41, 5.74) is 4.87. The van der Waals surface area contributed by atoms with E-state index >= 15 is 0 Å². The second-order valence-electron chi connectivity index (χ2n) is 5.27. The van der Waals surface area contributed by atoms with E-state index < -0.39 is 6.43 Å². The van der Waals surface area contributed by atoms with Gasteiger partial charge in [-0.1, -0.05) is 17.7 Å². The Bertz CT molecular complexity index is 396. The fourth-order valence-electron chi connectivity index (χ4n) is 2.69. The Labute approximate surface area is 114 Å². The van der Waals surface area contributed by atoms with Gasteiger partial charge in [0.1, 0.15) is 0 Å². The first-order valence-corrected chi connectivity index (χ1v) is 6.56. The van der Waals surface area contributed by atoms with Crippen molar-refractivity contribution < 1.29 is 8.78 Å². The molecule has 1 aromatic carbocycles. The highest BCUT2D eigenvalue weighted by molar-refractivity contribution is 5.39. The maximum atomic E-state index is 12.4. The molecule has 0 bridgehead atoms. The molecule has 0 heterocycles. The van der Waals surface area contributed by atoms with E-state index in [9.17, 15) is 8.78 Å². The minimum atomic E-state index is -2.29. The van der Waals surface area contributed by atoms with Crippen molar-refractivity contribution in [1.82, 2.24) is 10.2 Å². The first kappa shape index (κ1) is 16.1. The Hall–Kier alpha value is -1.00. The number of nitrogens with one attached hydrogen (secondary N) is 1. The molecular formula is C15H24F2N2. The molecule has 1 N–H and O–H groups in total. The molecule has 0 aromatic heterocycles. The van der Waals surface area contributed by atoms with Crippen molar-refractivity contribution in [2.24, 2.45) is 0 Å². The molecule has 1 atom stereocenters. The summed E-state index contributed by atoms with van der Waals surface area (Å²) in [7, 11) is 3.61. The lowest BCUT2D eigenvalue weighted by Gasteiger charge is -2.26. The molecule has 1 unspecified atom stereocenters. The molecule has 0 spiro atoms. The zero-order valence-electron chi connectivity index (χ0n) is 12.4. The quantitative estimate of drug-likeness (QED) is 0.854.